The number of likely N-dealkylation sites (tertiary alicyclic amines) is 1. The zero-order chi connectivity index (χ0) is 33.5. The number of amides is 5. The molecule has 1 unspecified atom stereocenters. The van der Waals surface area contributed by atoms with E-state index in [1.165, 1.54) is 18.6 Å². The fourth-order valence-corrected chi connectivity index (χ4v) is 8.19. The molecule has 0 radical (unpaired) electrons. The van der Waals surface area contributed by atoms with Crippen LogP contribution in [0.4, 0.5) is 0 Å². The highest BCUT2D eigenvalue weighted by atomic mass is 16.2. The number of nitrogens with zero attached hydrogens (tertiary/aromatic N) is 3. The van der Waals surface area contributed by atoms with Gasteiger partial charge in [-0.15, -0.1) is 0 Å². The molecule has 47 heavy (non-hydrogen) atoms. The van der Waals surface area contributed by atoms with Crippen LogP contribution >= 0.6 is 0 Å². The molecular weight excluding hydrogens is 602 g/mol. The monoisotopic (exact) mass is 649 g/mol. The SMILES string of the molecule is CC(C)(C)[C@H](NC(=O)C1(NC(=O)c2cnccn2)CCCCC1)C(=O)N1C[C@@H]2CC3CC[C@@H](C(=O)C(=O)NC4CC4)NC(=O)[C@@H]1[C@H]2C3. The zero-order valence-electron chi connectivity index (χ0n) is 27.5. The second kappa shape index (κ2) is 13.0. The fourth-order valence-electron chi connectivity index (χ4n) is 8.19. The highest BCUT2D eigenvalue weighted by Crippen LogP contribution is 2.48. The highest BCUT2D eigenvalue weighted by molar-refractivity contribution is 6.38. The van der Waals surface area contributed by atoms with Gasteiger partial charge >= 0.3 is 0 Å². The lowest BCUT2D eigenvalue weighted by Crippen LogP contribution is -2.65. The minimum atomic E-state index is -1.23. The Bertz CT molecular complexity index is 1420. The van der Waals surface area contributed by atoms with Crippen molar-refractivity contribution in [2.24, 2.45) is 23.2 Å². The van der Waals surface area contributed by atoms with Crippen molar-refractivity contribution in [3.8, 4) is 0 Å². The van der Waals surface area contributed by atoms with Crippen molar-refractivity contribution in [3.63, 3.8) is 0 Å². The molecule has 3 aliphatic carbocycles. The summed E-state index contributed by atoms with van der Waals surface area (Å²) >= 11 is 0. The molecule has 3 saturated carbocycles. The maximum absolute atomic E-state index is 14.6. The van der Waals surface area contributed by atoms with Gasteiger partial charge in [0, 0.05) is 25.0 Å². The smallest absolute Gasteiger partial charge is 0.289 e. The Kier molecular flexibility index (Phi) is 9.10. The molecular formula is C34H47N7O6. The lowest BCUT2D eigenvalue weighted by Gasteiger charge is -2.41. The minimum Gasteiger partial charge on any atom is -0.347 e. The van der Waals surface area contributed by atoms with Crippen LogP contribution in [0.25, 0.3) is 0 Å². The van der Waals surface area contributed by atoms with E-state index in [0.717, 1.165) is 51.4 Å². The largest absolute Gasteiger partial charge is 0.347 e. The van der Waals surface area contributed by atoms with Crippen LogP contribution in [0.2, 0.25) is 0 Å². The number of aromatic nitrogens is 2. The van der Waals surface area contributed by atoms with Crippen molar-refractivity contribution in [1.82, 2.24) is 36.1 Å². The molecule has 1 aromatic heterocycles. The fraction of sp³-hybridized carbons (Fsp3) is 0.706. The van der Waals surface area contributed by atoms with E-state index in [1.807, 2.05) is 20.8 Å². The van der Waals surface area contributed by atoms with Gasteiger partial charge in [-0.25, -0.2) is 4.98 Å². The number of fused-ring (bicyclic) bond motifs is 1. The van der Waals surface area contributed by atoms with Gasteiger partial charge in [0.2, 0.25) is 23.5 Å². The van der Waals surface area contributed by atoms with Crippen molar-refractivity contribution in [2.75, 3.05) is 6.54 Å². The maximum Gasteiger partial charge on any atom is 0.289 e. The van der Waals surface area contributed by atoms with Crippen LogP contribution in [0.1, 0.15) is 102 Å². The predicted molar refractivity (Wildman–Crippen MR) is 169 cm³/mol. The van der Waals surface area contributed by atoms with Gasteiger partial charge < -0.3 is 26.2 Å². The first-order valence-corrected chi connectivity index (χ1v) is 17.2. The molecule has 3 heterocycles. The standard InChI is InChI=1S/C34H47N7O6/c1-33(2,3)27(39-32(47)34(11-5-4-6-12-34)40-28(43)24-17-35-13-14-36-24)31(46)41-18-20-15-19-7-10-23(26(42)30(45)37-21-8-9-21)38-29(44)25(41)22(20)16-19/h13-14,17,19-23,25,27H,4-12,15-16,18H2,1-3H3,(H,37,45)(H,38,44)(H,39,47)(H,40,43)/t19?,20-,22-,23-,25-,27+/m0/s1. The number of ketones is 1. The number of carbonyl (C=O) groups excluding carboxylic acids is 6. The van der Waals surface area contributed by atoms with Crippen molar-refractivity contribution in [3.05, 3.63) is 24.3 Å². The lowest BCUT2D eigenvalue weighted by atomic mass is 9.79. The topological polar surface area (TPSA) is 180 Å². The molecule has 13 heteroatoms. The molecule has 0 spiro atoms. The van der Waals surface area contributed by atoms with Crippen LogP contribution in [-0.4, -0.2) is 86.4 Å². The van der Waals surface area contributed by atoms with E-state index in [9.17, 15) is 28.8 Å². The van der Waals surface area contributed by atoms with E-state index in [1.54, 1.807) is 4.90 Å². The molecule has 2 saturated heterocycles. The zero-order valence-corrected chi connectivity index (χ0v) is 27.5. The lowest BCUT2D eigenvalue weighted by molar-refractivity contribution is -0.146. The molecule has 5 amide bonds. The van der Waals surface area contributed by atoms with Crippen LogP contribution in [-0.2, 0) is 24.0 Å². The van der Waals surface area contributed by atoms with Gasteiger partial charge in [-0.1, -0.05) is 40.0 Å². The Morgan fingerprint density at radius 1 is 1.00 bits per heavy atom. The Labute approximate surface area is 275 Å². The van der Waals surface area contributed by atoms with Crippen LogP contribution < -0.4 is 21.3 Å². The first-order chi connectivity index (χ1) is 22.4. The van der Waals surface area contributed by atoms with Gasteiger partial charge in [0.05, 0.1) is 12.2 Å². The van der Waals surface area contributed by atoms with Crippen molar-refractivity contribution in [2.45, 2.75) is 121 Å². The molecule has 5 aliphatic rings. The van der Waals surface area contributed by atoms with E-state index in [-0.39, 0.29) is 29.5 Å². The maximum atomic E-state index is 14.6. The summed E-state index contributed by atoms with van der Waals surface area (Å²) < 4.78 is 0. The summed E-state index contributed by atoms with van der Waals surface area (Å²) in [6.45, 7) is 5.98. The first kappa shape index (κ1) is 33.0. The summed E-state index contributed by atoms with van der Waals surface area (Å²) in [7, 11) is 0. The summed E-state index contributed by atoms with van der Waals surface area (Å²) in [5.74, 6) is -2.67. The summed E-state index contributed by atoms with van der Waals surface area (Å²) in [5.41, 5.74) is -1.86. The van der Waals surface area contributed by atoms with Gasteiger partial charge in [0.15, 0.2) is 0 Å². The normalized spacial score (nSPS) is 29.0. The van der Waals surface area contributed by atoms with E-state index in [0.29, 0.717) is 31.7 Å². The Hall–Kier alpha value is -3.90. The minimum absolute atomic E-state index is 0.0239. The van der Waals surface area contributed by atoms with Crippen molar-refractivity contribution >= 4 is 35.3 Å². The molecule has 6 rings (SSSR count). The Morgan fingerprint density at radius 2 is 1.74 bits per heavy atom. The number of hydrogen-bond donors (Lipinski definition) is 4. The summed E-state index contributed by atoms with van der Waals surface area (Å²) in [4.78, 5) is 91.3. The van der Waals surface area contributed by atoms with E-state index < -0.39 is 58.5 Å². The molecule has 2 bridgehead atoms. The molecule has 13 nitrogen and oxygen atoms in total. The first-order valence-electron chi connectivity index (χ1n) is 17.2. The quantitative estimate of drug-likeness (QED) is 0.305. The summed E-state index contributed by atoms with van der Waals surface area (Å²) in [5, 5.41) is 11.6. The molecule has 4 N–H and O–H groups in total. The number of Topliss-reactive ketones (excluding diaryl/α,β-unsaturated/α-hetero) is 1. The molecule has 6 atom stereocenters. The average Bonchev–Trinajstić information content (AvgIpc) is 3.65. The van der Waals surface area contributed by atoms with Gasteiger partial charge in [0.25, 0.3) is 11.8 Å². The van der Waals surface area contributed by atoms with Gasteiger partial charge in [-0.2, -0.15) is 0 Å². The average molecular weight is 650 g/mol. The van der Waals surface area contributed by atoms with Crippen LogP contribution in [0.3, 0.4) is 0 Å². The molecule has 1 aromatic rings. The summed E-state index contributed by atoms with van der Waals surface area (Å²) in [6, 6.07) is -2.72. The third-order valence-corrected chi connectivity index (χ3v) is 10.9. The summed E-state index contributed by atoms with van der Waals surface area (Å²) in [6.07, 6.45) is 11.9. The molecule has 254 valence electrons. The van der Waals surface area contributed by atoms with Crippen LogP contribution in [0, 0.1) is 23.2 Å². The van der Waals surface area contributed by atoms with Crippen molar-refractivity contribution in [1.29, 1.82) is 0 Å². The number of rotatable bonds is 8. The second-order valence-electron chi connectivity index (χ2n) is 15.4. The van der Waals surface area contributed by atoms with Crippen molar-refractivity contribution < 1.29 is 28.8 Å². The van der Waals surface area contributed by atoms with Crippen LogP contribution in [0.5, 0.6) is 0 Å². The molecule has 5 fully saturated rings. The highest BCUT2D eigenvalue weighted by Gasteiger charge is 2.55. The number of hydrogen-bond acceptors (Lipinski definition) is 8. The van der Waals surface area contributed by atoms with Gasteiger partial charge in [-0.05, 0) is 74.5 Å². The van der Waals surface area contributed by atoms with Gasteiger partial charge in [-0.3, -0.25) is 33.8 Å². The van der Waals surface area contributed by atoms with Crippen LogP contribution in [0.15, 0.2) is 18.6 Å². The Morgan fingerprint density at radius 3 is 2.40 bits per heavy atom. The predicted octanol–water partition coefficient (Wildman–Crippen LogP) is 1.42. The number of nitrogens with one attached hydrogen (secondary N) is 4. The number of carbonyl (C=O) groups is 6. The molecule has 0 aromatic carbocycles. The van der Waals surface area contributed by atoms with E-state index in [4.69, 9.17) is 0 Å². The molecule has 2 aliphatic heterocycles. The van der Waals surface area contributed by atoms with E-state index in [2.05, 4.69) is 31.2 Å². The third-order valence-electron chi connectivity index (χ3n) is 10.9. The second-order valence-corrected chi connectivity index (χ2v) is 15.4. The van der Waals surface area contributed by atoms with Gasteiger partial charge in [0.1, 0.15) is 23.3 Å². The third kappa shape index (κ3) is 6.89. The Balaban J connectivity index is 1.22. The van der Waals surface area contributed by atoms with E-state index >= 15 is 0 Å².